The average molecular weight is 410 g/mol. The van der Waals surface area contributed by atoms with Gasteiger partial charge in [-0.3, -0.25) is 0 Å². The number of aromatic nitrogens is 2. The van der Waals surface area contributed by atoms with Gasteiger partial charge < -0.3 is 18.5 Å². The first-order chi connectivity index (χ1) is 14.3. The zero-order valence-electron chi connectivity index (χ0n) is 18.3. The van der Waals surface area contributed by atoms with E-state index in [0.717, 1.165) is 47.6 Å². The predicted octanol–water partition coefficient (Wildman–Crippen LogP) is 3.28. The molecule has 0 saturated carbocycles. The molecule has 3 heterocycles. The van der Waals surface area contributed by atoms with Crippen molar-refractivity contribution < 1.29 is 13.6 Å². The standard InChI is InChI=1S/C23H29N4O3/c1-15(2)18-13-16(29-5)14-19-20(18)23(28)30-22(25-19)17-7-6-8-24-21(17)26-9-11-27(3,4)12-10-26/h6-8,13-15H,9-12H2,1-5H3/q+1. The molecule has 1 aliphatic rings. The van der Waals surface area contributed by atoms with Crippen molar-refractivity contribution in [3.63, 3.8) is 0 Å². The van der Waals surface area contributed by atoms with Gasteiger partial charge in [-0.25, -0.2) is 14.8 Å². The molecule has 0 bridgehead atoms. The molecule has 0 unspecified atom stereocenters. The van der Waals surface area contributed by atoms with Gasteiger partial charge in [0.15, 0.2) is 0 Å². The first kappa shape index (κ1) is 20.3. The molecule has 0 spiro atoms. The molecule has 0 amide bonds. The molecule has 0 aliphatic carbocycles. The highest BCUT2D eigenvalue weighted by molar-refractivity contribution is 5.85. The summed E-state index contributed by atoms with van der Waals surface area (Å²) < 4.78 is 12.2. The lowest BCUT2D eigenvalue weighted by atomic mass is 9.98. The van der Waals surface area contributed by atoms with Crippen LogP contribution in [0, 0.1) is 0 Å². The summed E-state index contributed by atoms with van der Waals surface area (Å²) in [5, 5.41) is 0.511. The maximum atomic E-state index is 13.0. The fourth-order valence-corrected chi connectivity index (χ4v) is 3.93. The monoisotopic (exact) mass is 409 g/mol. The molecule has 0 radical (unpaired) electrons. The second kappa shape index (κ2) is 7.72. The first-order valence-corrected chi connectivity index (χ1v) is 10.3. The summed E-state index contributed by atoms with van der Waals surface area (Å²) in [5.74, 6) is 1.91. The van der Waals surface area contributed by atoms with Crippen molar-refractivity contribution in [2.75, 3.05) is 52.3 Å². The minimum atomic E-state index is -0.382. The van der Waals surface area contributed by atoms with Gasteiger partial charge in [0.25, 0.3) is 0 Å². The highest BCUT2D eigenvalue weighted by atomic mass is 16.5. The predicted molar refractivity (Wildman–Crippen MR) is 118 cm³/mol. The van der Waals surface area contributed by atoms with E-state index in [1.54, 1.807) is 19.4 Å². The lowest BCUT2D eigenvalue weighted by molar-refractivity contribution is -0.890. The fourth-order valence-electron chi connectivity index (χ4n) is 3.93. The van der Waals surface area contributed by atoms with Gasteiger partial charge in [0.1, 0.15) is 11.6 Å². The van der Waals surface area contributed by atoms with Crippen LogP contribution in [0.4, 0.5) is 5.82 Å². The third-order valence-corrected chi connectivity index (χ3v) is 5.86. The smallest absolute Gasteiger partial charge is 0.347 e. The molecule has 4 rings (SSSR count). The molecule has 158 valence electrons. The molecule has 30 heavy (non-hydrogen) atoms. The Bertz CT molecular complexity index is 1130. The van der Waals surface area contributed by atoms with Crippen molar-refractivity contribution in [2.24, 2.45) is 0 Å². The molecule has 3 aromatic rings. The Balaban J connectivity index is 1.84. The summed E-state index contributed by atoms with van der Waals surface area (Å²) >= 11 is 0. The molecule has 7 nitrogen and oxygen atoms in total. The molecule has 1 saturated heterocycles. The van der Waals surface area contributed by atoms with Gasteiger partial charge in [-0.05, 0) is 29.7 Å². The maximum absolute atomic E-state index is 13.0. The number of nitrogens with zero attached hydrogens (tertiary/aromatic N) is 4. The summed E-state index contributed by atoms with van der Waals surface area (Å²) in [4.78, 5) is 24.6. The van der Waals surface area contributed by atoms with Crippen molar-refractivity contribution >= 4 is 16.7 Å². The zero-order valence-corrected chi connectivity index (χ0v) is 18.3. The number of benzene rings is 1. The molecule has 1 fully saturated rings. The van der Waals surface area contributed by atoms with Gasteiger partial charge in [-0.1, -0.05) is 13.8 Å². The van der Waals surface area contributed by atoms with E-state index in [-0.39, 0.29) is 17.4 Å². The van der Waals surface area contributed by atoms with Crippen LogP contribution < -0.4 is 15.3 Å². The van der Waals surface area contributed by atoms with Crippen molar-refractivity contribution in [3.8, 4) is 17.2 Å². The van der Waals surface area contributed by atoms with Crippen LogP contribution in [0.25, 0.3) is 22.4 Å². The maximum Gasteiger partial charge on any atom is 0.347 e. The van der Waals surface area contributed by atoms with Crippen LogP contribution in [0.1, 0.15) is 25.3 Å². The molecular weight excluding hydrogens is 380 g/mol. The largest absolute Gasteiger partial charge is 0.497 e. The van der Waals surface area contributed by atoms with Gasteiger partial charge >= 0.3 is 5.63 Å². The van der Waals surface area contributed by atoms with E-state index >= 15 is 0 Å². The Morgan fingerprint density at radius 2 is 1.93 bits per heavy atom. The third kappa shape index (κ3) is 3.77. The minimum absolute atomic E-state index is 0.141. The minimum Gasteiger partial charge on any atom is -0.497 e. The second-order valence-corrected chi connectivity index (χ2v) is 8.82. The number of hydrogen-bond acceptors (Lipinski definition) is 6. The number of pyridine rings is 1. The Morgan fingerprint density at radius 3 is 2.60 bits per heavy atom. The van der Waals surface area contributed by atoms with Crippen LogP contribution in [0.15, 0.2) is 39.7 Å². The Hall–Kier alpha value is -2.93. The molecule has 0 atom stereocenters. The summed E-state index contributed by atoms with van der Waals surface area (Å²) in [6, 6.07) is 7.43. The van der Waals surface area contributed by atoms with E-state index < -0.39 is 0 Å². The molecule has 0 N–H and O–H groups in total. The van der Waals surface area contributed by atoms with E-state index in [1.165, 1.54) is 0 Å². The Kier molecular flexibility index (Phi) is 5.24. The summed E-state index contributed by atoms with van der Waals surface area (Å²) in [6.45, 7) is 7.91. The molecular formula is C23H29N4O3+. The Morgan fingerprint density at radius 1 is 1.20 bits per heavy atom. The lowest BCUT2D eigenvalue weighted by Crippen LogP contribution is -2.55. The van der Waals surface area contributed by atoms with Crippen molar-refractivity contribution in [2.45, 2.75) is 19.8 Å². The van der Waals surface area contributed by atoms with Crippen molar-refractivity contribution in [1.29, 1.82) is 0 Å². The first-order valence-electron chi connectivity index (χ1n) is 10.3. The zero-order chi connectivity index (χ0) is 21.5. The highest BCUT2D eigenvalue weighted by Gasteiger charge is 2.27. The number of quaternary nitrogens is 1. The topological polar surface area (TPSA) is 68.5 Å². The molecule has 2 aromatic heterocycles. The summed E-state index contributed by atoms with van der Waals surface area (Å²) in [6.07, 6.45) is 1.77. The Labute approximate surface area is 176 Å². The number of fused-ring (bicyclic) bond motifs is 1. The van der Waals surface area contributed by atoms with Gasteiger partial charge in [-0.15, -0.1) is 0 Å². The molecule has 1 aromatic carbocycles. The highest BCUT2D eigenvalue weighted by Crippen LogP contribution is 2.32. The number of ether oxygens (including phenoxy) is 1. The van der Waals surface area contributed by atoms with Gasteiger partial charge in [0.2, 0.25) is 5.89 Å². The van der Waals surface area contributed by atoms with Crippen LogP contribution in [0.2, 0.25) is 0 Å². The van der Waals surface area contributed by atoms with Gasteiger partial charge in [0, 0.05) is 12.3 Å². The third-order valence-electron chi connectivity index (χ3n) is 5.86. The number of rotatable bonds is 4. The van der Waals surface area contributed by atoms with E-state index in [2.05, 4.69) is 24.0 Å². The molecule has 7 heteroatoms. The normalized spacial score (nSPS) is 16.3. The second-order valence-electron chi connectivity index (χ2n) is 8.82. The SMILES string of the molecule is COc1cc(C(C)C)c2c(=O)oc(-c3cccnc3N3CC[N+](C)(C)CC3)nc2c1. The lowest BCUT2D eigenvalue weighted by Gasteiger charge is -2.39. The fraction of sp³-hybridized carbons (Fsp3) is 0.435. The van der Waals surface area contributed by atoms with Crippen LogP contribution in [-0.2, 0) is 0 Å². The van der Waals surface area contributed by atoms with Crippen LogP contribution in [0.5, 0.6) is 5.75 Å². The van der Waals surface area contributed by atoms with Gasteiger partial charge in [-0.2, -0.15) is 0 Å². The number of likely N-dealkylation sites (N-methyl/N-ethyl adjacent to an activating group) is 1. The van der Waals surface area contributed by atoms with E-state index in [0.29, 0.717) is 16.7 Å². The van der Waals surface area contributed by atoms with Gasteiger partial charge in [0.05, 0.1) is 63.9 Å². The number of hydrogen-bond donors (Lipinski definition) is 0. The number of methoxy groups -OCH3 is 1. The summed E-state index contributed by atoms with van der Waals surface area (Å²) in [5.41, 5.74) is 1.81. The van der Waals surface area contributed by atoms with E-state index in [1.807, 2.05) is 32.0 Å². The molecule has 1 aliphatic heterocycles. The number of anilines is 1. The van der Waals surface area contributed by atoms with E-state index in [4.69, 9.17) is 14.1 Å². The van der Waals surface area contributed by atoms with E-state index in [9.17, 15) is 4.79 Å². The van der Waals surface area contributed by atoms with Crippen molar-refractivity contribution in [3.05, 3.63) is 46.4 Å². The summed E-state index contributed by atoms with van der Waals surface area (Å²) in [7, 11) is 6.09. The van der Waals surface area contributed by atoms with Crippen molar-refractivity contribution in [1.82, 2.24) is 9.97 Å². The van der Waals surface area contributed by atoms with Crippen LogP contribution in [-0.4, -0.2) is 61.8 Å². The quantitative estimate of drug-likeness (QED) is 0.616. The van der Waals surface area contributed by atoms with Crippen LogP contribution >= 0.6 is 0 Å². The number of piperazine rings is 1. The average Bonchev–Trinajstić information content (AvgIpc) is 2.72. The van der Waals surface area contributed by atoms with Crippen LogP contribution in [0.3, 0.4) is 0 Å².